The van der Waals surface area contributed by atoms with Gasteiger partial charge in [0.15, 0.2) is 5.78 Å². The zero-order chi connectivity index (χ0) is 13.4. The van der Waals surface area contributed by atoms with Crippen molar-refractivity contribution >= 4 is 22.5 Å². The van der Waals surface area contributed by atoms with Gasteiger partial charge >= 0.3 is 0 Å². The number of carbonyl (C=O) groups is 1. The SMILES string of the molecule is CC(=O)c1cc(N)n(-c2cccc3ncccc23)n1. The second-order valence-electron chi connectivity index (χ2n) is 4.27. The lowest BCUT2D eigenvalue weighted by Gasteiger charge is -2.07. The molecular weight excluding hydrogens is 240 g/mol. The highest BCUT2D eigenvalue weighted by Gasteiger charge is 2.12. The topological polar surface area (TPSA) is 73.8 Å². The number of fused-ring (bicyclic) bond motifs is 1. The van der Waals surface area contributed by atoms with Gasteiger partial charge in [-0.3, -0.25) is 9.78 Å². The number of nitrogen functional groups attached to an aromatic ring is 1. The number of pyridine rings is 1. The predicted molar refractivity (Wildman–Crippen MR) is 73.3 cm³/mol. The van der Waals surface area contributed by atoms with Crippen molar-refractivity contribution in [2.24, 2.45) is 0 Å². The van der Waals surface area contributed by atoms with E-state index in [9.17, 15) is 4.79 Å². The molecule has 0 spiro atoms. The first-order valence-corrected chi connectivity index (χ1v) is 5.87. The maximum Gasteiger partial charge on any atom is 0.180 e. The van der Waals surface area contributed by atoms with Gasteiger partial charge < -0.3 is 5.73 Å². The minimum Gasteiger partial charge on any atom is -0.384 e. The molecule has 0 radical (unpaired) electrons. The van der Waals surface area contributed by atoms with E-state index >= 15 is 0 Å². The summed E-state index contributed by atoms with van der Waals surface area (Å²) in [5, 5.41) is 5.18. The van der Waals surface area contributed by atoms with Crippen molar-refractivity contribution in [3.63, 3.8) is 0 Å². The lowest BCUT2D eigenvalue weighted by molar-refractivity contribution is 0.101. The summed E-state index contributed by atoms with van der Waals surface area (Å²) in [7, 11) is 0. The number of aromatic nitrogens is 3. The fourth-order valence-electron chi connectivity index (χ4n) is 2.03. The summed E-state index contributed by atoms with van der Waals surface area (Å²) >= 11 is 0. The number of Topliss-reactive ketones (excluding diaryl/α,β-unsaturated/α-hetero) is 1. The van der Waals surface area contributed by atoms with Gasteiger partial charge in [0.2, 0.25) is 0 Å². The monoisotopic (exact) mass is 252 g/mol. The first-order valence-electron chi connectivity index (χ1n) is 5.87. The molecule has 0 aliphatic rings. The summed E-state index contributed by atoms with van der Waals surface area (Å²) < 4.78 is 1.57. The number of ketones is 1. The molecule has 0 saturated heterocycles. The molecule has 2 aromatic heterocycles. The molecule has 0 fully saturated rings. The summed E-state index contributed by atoms with van der Waals surface area (Å²) in [6, 6.07) is 11.1. The van der Waals surface area contributed by atoms with Crippen LogP contribution in [-0.4, -0.2) is 20.5 Å². The van der Waals surface area contributed by atoms with E-state index in [0.717, 1.165) is 16.6 Å². The normalized spacial score (nSPS) is 10.8. The van der Waals surface area contributed by atoms with E-state index in [1.807, 2.05) is 30.3 Å². The number of nitrogens with two attached hydrogens (primary N) is 1. The zero-order valence-corrected chi connectivity index (χ0v) is 10.4. The molecule has 19 heavy (non-hydrogen) atoms. The molecule has 3 rings (SSSR count). The maximum atomic E-state index is 11.4. The number of rotatable bonds is 2. The minimum atomic E-state index is -0.108. The molecule has 0 aliphatic carbocycles. The highest BCUT2D eigenvalue weighted by molar-refractivity contribution is 5.93. The van der Waals surface area contributed by atoms with Crippen molar-refractivity contribution in [1.29, 1.82) is 0 Å². The van der Waals surface area contributed by atoms with E-state index < -0.39 is 0 Å². The quantitative estimate of drug-likeness (QED) is 0.709. The van der Waals surface area contributed by atoms with Crippen molar-refractivity contribution in [1.82, 2.24) is 14.8 Å². The average Bonchev–Trinajstić information content (AvgIpc) is 2.80. The number of hydrogen-bond donors (Lipinski definition) is 1. The molecule has 2 N–H and O–H groups in total. The Morgan fingerprint density at radius 3 is 2.84 bits per heavy atom. The van der Waals surface area contributed by atoms with E-state index in [2.05, 4.69) is 10.1 Å². The first-order chi connectivity index (χ1) is 9.16. The Morgan fingerprint density at radius 2 is 2.11 bits per heavy atom. The van der Waals surface area contributed by atoms with Crippen LogP contribution in [0.5, 0.6) is 0 Å². The summed E-state index contributed by atoms with van der Waals surface area (Å²) in [6.45, 7) is 1.47. The van der Waals surface area contributed by atoms with Crippen molar-refractivity contribution < 1.29 is 4.79 Å². The van der Waals surface area contributed by atoms with Crippen molar-refractivity contribution in [3.8, 4) is 5.69 Å². The molecule has 5 nitrogen and oxygen atoms in total. The largest absolute Gasteiger partial charge is 0.384 e. The molecule has 94 valence electrons. The third kappa shape index (κ3) is 1.85. The Bertz CT molecular complexity index is 771. The fourth-order valence-corrected chi connectivity index (χ4v) is 2.03. The molecule has 0 amide bonds. The molecule has 0 saturated carbocycles. The second-order valence-corrected chi connectivity index (χ2v) is 4.27. The molecular formula is C14H12N4O. The molecule has 0 atom stereocenters. The summed E-state index contributed by atoms with van der Waals surface area (Å²) in [6.07, 6.45) is 1.74. The maximum absolute atomic E-state index is 11.4. The number of anilines is 1. The van der Waals surface area contributed by atoms with Crippen molar-refractivity contribution in [2.75, 3.05) is 5.73 Å². The molecule has 0 aliphatic heterocycles. The van der Waals surface area contributed by atoms with Gasteiger partial charge in [0.1, 0.15) is 11.5 Å². The highest BCUT2D eigenvalue weighted by atomic mass is 16.1. The van der Waals surface area contributed by atoms with E-state index in [1.165, 1.54) is 6.92 Å². The standard InChI is InChI=1S/C14H12N4O/c1-9(19)12-8-14(15)18(17-12)13-6-2-5-11-10(13)4-3-7-16-11/h2-8H,15H2,1H3. The van der Waals surface area contributed by atoms with Crippen LogP contribution in [0.2, 0.25) is 0 Å². The molecule has 0 unspecified atom stereocenters. The third-order valence-corrected chi connectivity index (χ3v) is 2.95. The zero-order valence-electron chi connectivity index (χ0n) is 10.4. The Labute approximate surface area is 109 Å². The highest BCUT2D eigenvalue weighted by Crippen LogP contribution is 2.23. The van der Waals surface area contributed by atoms with Gasteiger partial charge in [0.05, 0.1) is 11.2 Å². The second kappa shape index (κ2) is 4.20. The predicted octanol–water partition coefficient (Wildman–Crippen LogP) is 2.21. The third-order valence-electron chi connectivity index (χ3n) is 2.95. The van der Waals surface area contributed by atoms with E-state index in [0.29, 0.717) is 11.5 Å². The lowest BCUT2D eigenvalue weighted by Crippen LogP contribution is -2.03. The Morgan fingerprint density at radius 1 is 1.26 bits per heavy atom. The van der Waals surface area contributed by atoms with Gasteiger partial charge in [-0.25, -0.2) is 4.68 Å². The van der Waals surface area contributed by atoms with Crippen LogP contribution in [0.4, 0.5) is 5.82 Å². The van der Waals surface area contributed by atoms with Crippen LogP contribution in [0.15, 0.2) is 42.6 Å². The van der Waals surface area contributed by atoms with E-state index in [1.54, 1.807) is 16.9 Å². The van der Waals surface area contributed by atoms with Gasteiger partial charge in [0.25, 0.3) is 0 Å². The Kier molecular flexibility index (Phi) is 2.52. The van der Waals surface area contributed by atoms with Gasteiger partial charge in [-0.15, -0.1) is 0 Å². The lowest BCUT2D eigenvalue weighted by atomic mass is 10.2. The first kappa shape index (κ1) is 11.4. The van der Waals surface area contributed by atoms with Crippen molar-refractivity contribution in [3.05, 3.63) is 48.3 Å². The number of hydrogen-bond acceptors (Lipinski definition) is 4. The summed E-state index contributed by atoms with van der Waals surface area (Å²) in [5.41, 5.74) is 7.97. The van der Waals surface area contributed by atoms with Crippen LogP contribution in [0.25, 0.3) is 16.6 Å². The Hall–Kier alpha value is -2.69. The Balaban J connectivity index is 2.27. The molecule has 0 bridgehead atoms. The number of carbonyl (C=O) groups excluding carboxylic acids is 1. The van der Waals surface area contributed by atoms with Crippen LogP contribution in [-0.2, 0) is 0 Å². The van der Waals surface area contributed by atoms with Crippen molar-refractivity contribution in [2.45, 2.75) is 6.92 Å². The number of nitrogens with zero attached hydrogens (tertiary/aromatic N) is 3. The molecule has 3 aromatic rings. The summed E-state index contributed by atoms with van der Waals surface area (Å²) in [5.74, 6) is 0.324. The van der Waals surface area contributed by atoms with Crippen LogP contribution >= 0.6 is 0 Å². The summed E-state index contributed by atoms with van der Waals surface area (Å²) in [4.78, 5) is 15.7. The van der Waals surface area contributed by atoms with Crippen LogP contribution < -0.4 is 5.73 Å². The van der Waals surface area contributed by atoms with Gasteiger partial charge in [-0.1, -0.05) is 6.07 Å². The minimum absolute atomic E-state index is 0.108. The molecule has 5 heteroatoms. The fraction of sp³-hybridized carbons (Fsp3) is 0.0714. The van der Waals surface area contributed by atoms with Crippen LogP contribution in [0.3, 0.4) is 0 Å². The molecule has 1 aromatic carbocycles. The van der Waals surface area contributed by atoms with E-state index in [-0.39, 0.29) is 5.78 Å². The molecule has 2 heterocycles. The van der Waals surface area contributed by atoms with Gasteiger partial charge in [-0.05, 0) is 24.3 Å². The van der Waals surface area contributed by atoms with Gasteiger partial charge in [0, 0.05) is 24.6 Å². The average molecular weight is 252 g/mol. The number of benzene rings is 1. The van der Waals surface area contributed by atoms with Crippen LogP contribution in [0.1, 0.15) is 17.4 Å². The van der Waals surface area contributed by atoms with Gasteiger partial charge in [-0.2, -0.15) is 5.10 Å². The van der Waals surface area contributed by atoms with E-state index in [4.69, 9.17) is 5.73 Å². The van der Waals surface area contributed by atoms with Crippen LogP contribution in [0, 0.1) is 0 Å². The smallest absolute Gasteiger partial charge is 0.180 e.